The lowest BCUT2D eigenvalue weighted by molar-refractivity contribution is -0.134. The van der Waals surface area contributed by atoms with Crippen LogP contribution in [0.25, 0.3) is 22.5 Å². The fourth-order valence-electron chi connectivity index (χ4n) is 4.42. The summed E-state index contributed by atoms with van der Waals surface area (Å²) in [5, 5.41) is 0. The Balaban J connectivity index is 1.44. The first-order chi connectivity index (χ1) is 18.1. The van der Waals surface area contributed by atoms with Gasteiger partial charge in [-0.3, -0.25) is 4.79 Å². The molecule has 0 bridgehead atoms. The highest BCUT2D eigenvalue weighted by atomic mass is 16.5. The van der Waals surface area contributed by atoms with Crippen LogP contribution in [0.2, 0.25) is 0 Å². The Kier molecular flexibility index (Phi) is 12.3. The summed E-state index contributed by atoms with van der Waals surface area (Å²) in [7, 11) is 0. The van der Waals surface area contributed by atoms with Crippen molar-refractivity contribution in [1.82, 2.24) is 9.97 Å². The van der Waals surface area contributed by atoms with Crippen LogP contribution in [0.4, 0.5) is 0 Å². The predicted octanol–water partition coefficient (Wildman–Crippen LogP) is 9.23. The third kappa shape index (κ3) is 10.1. The molecule has 1 heterocycles. The van der Waals surface area contributed by atoms with Gasteiger partial charge in [-0.1, -0.05) is 109 Å². The molecule has 0 spiro atoms. The maximum absolute atomic E-state index is 12.2. The van der Waals surface area contributed by atoms with Crippen molar-refractivity contribution in [3.8, 4) is 28.3 Å². The number of nitrogens with zero attached hydrogens (tertiary/aromatic N) is 2. The highest BCUT2D eigenvalue weighted by Gasteiger charge is 2.08. The van der Waals surface area contributed by atoms with Gasteiger partial charge < -0.3 is 4.74 Å². The number of benzene rings is 2. The molecule has 1 unspecified atom stereocenters. The van der Waals surface area contributed by atoms with Crippen molar-refractivity contribution in [2.24, 2.45) is 5.92 Å². The summed E-state index contributed by atoms with van der Waals surface area (Å²) in [6.07, 6.45) is 17.4. The van der Waals surface area contributed by atoms with Crippen LogP contribution >= 0.6 is 0 Å². The van der Waals surface area contributed by atoms with E-state index in [0.29, 0.717) is 12.2 Å². The maximum Gasteiger partial charge on any atom is 0.311 e. The van der Waals surface area contributed by atoms with Crippen molar-refractivity contribution in [3.63, 3.8) is 0 Å². The van der Waals surface area contributed by atoms with Crippen LogP contribution in [0, 0.1) is 5.92 Å². The van der Waals surface area contributed by atoms with Crippen molar-refractivity contribution in [2.75, 3.05) is 0 Å². The van der Waals surface area contributed by atoms with Crippen molar-refractivity contribution < 1.29 is 9.53 Å². The van der Waals surface area contributed by atoms with Gasteiger partial charge in [-0.2, -0.15) is 0 Å². The molecule has 0 fully saturated rings. The minimum absolute atomic E-state index is 0.158. The summed E-state index contributed by atoms with van der Waals surface area (Å²) in [4.78, 5) is 21.4. The van der Waals surface area contributed by atoms with E-state index in [1.165, 1.54) is 56.9 Å². The first-order valence-corrected chi connectivity index (χ1v) is 14.3. The zero-order chi connectivity index (χ0) is 26.3. The number of rotatable bonds is 16. The van der Waals surface area contributed by atoms with Crippen LogP contribution in [0.3, 0.4) is 0 Å². The second kappa shape index (κ2) is 16.0. The van der Waals surface area contributed by atoms with E-state index in [1.807, 2.05) is 36.7 Å². The number of aromatic nitrogens is 2. The Morgan fingerprint density at radius 3 is 2.08 bits per heavy atom. The predicted molar refractivity (Wildman–Crippen MR) is 154 cm³/mol. The highest BCUT2D eigenvalue weighted by Crippen LogP contribution is 2.24. The van der Waals surface area contributed by atoms with Gasteiger partial charge in [-0.25, -0.2) is 9.97 Å². The van der Waals surface area contributed by atoms with E-state index in [9.17, 15) is 4.79 Å². The second-order valence-corrected chi connectivity index (χ2v) is 10.3. The minimum Gasteiger partial charge on any atom is -0.427 e. The van der Waals surface area contributed by atoms with Gasteiger partial charge in [0, 0.05) is 29.9 Å². The van der Waals surface area contributed by atoms with Gasteiger partial charge in [0.05, 0.1) is 0 Å². The molecular formula is C33H44N2O2. The van der Waals surface area contributed by atoms with Crippen LogP contribution in [0.15, 0.2) is 60.9 Å². The lowest BCUT2D eigenvalue weighted by atomic mass is 10.0. The largest absolute Gasteiger partial charge is 0.427 e. The number of ether oxygens (including phenoxy) is 1. The van der Waals surface area contributed by atoms with E-state index in [0.717, 1.165) is 47.7 Å². The molecule has 3 rings (SSSR count). The number of carbonyl (C=O) groups is 1. The molecular weight excluding hydrogens is 456 g/mol. The van der Waals surface area contributed by atoms with E-state index in [-0.39, 0.29) is 5.97 Å². The van der Waals surface area contributed by atoms with Gasteiger partial charge in [0.2, 0.25) is 0 Å². The summed E-state index contributed by atoms with van der Waals surface area (Å²) in [5.74, 6) is 1.96. The maximum atomic E-state index is 12.2. The molecule has 2 aromatic carbocycles. The molecule has 0 aliphatic carbocycles. The Morgan fingerprint density at radius 1 is 0.757 bits per heavy atom. The number of esters is 1. The van der Waals surface area contributed by atoms with Gasteiger partial charge in [-0.15, -0.1) is 0 Å². The summed E-state index contributed by atoms with van der Waals surface area (Å²) >= 11 is 0. The van der Waals surface area contributed by atoms with Crippen LogP contribution in [-0.4, -0.2) is 15.9 Å². The van der Waals surface area contributed by atoms with Crippen molar-refractivity contribution in [3.05, 3.63) is 66.5 Å². The van der Waals surface area contributed by atoms with Gasteiger partial charge in [0.25, 0.3) is 0 Å². The Bertz CT molecular complexity index is 1040. The minimum atomic E-state index is -0.158. The smallest absolute Gasteiger partial charge is 0.311 e. The lowest BCUT2D eigenvalue weighted by Gasteiger charge is -2.08. The van der Waals surface area contributed by atoms with Crippen LogP contribution in [0.1, 0.15) is 97.0 Å². The Hall–Kier alpha value is -3.01. The van der Waals surface area contributed by atoms with Crippen LogP contribution < -0.4 is 4.74 Å². The number of unbranched alkanes of at least 4 members (excludes halogenated alkanes) is 6. The second-order valence-electron chi connectivity index (χ2n) is 10.3. The topological polar surface area (TPSA) is 52.1 Å². The number of aryl methyl sites for hydroxylation is 1. The molecule has 0 saturated carbocycles. The summed E-state index contributed by atoms with van der Waals surface area (Å²) < 4.78 is 5.52. The van der Waals surface area contributed by atoms with Crippen molar-refractivity contribution in [1.29, 1.82) is 0 Å². The number of hydrogen-bond acceptors (Lipinski definition) is 4. The molecule has 0 aliphatic rings. The van der Waals surface area contributed by atoms with Crippen molar-refractivity contribution >= 4 is 5.97 Å². The molecule has 0 aliphatic heterocycles. The Labute approximate surface area is 223 Å². The molecule has 3 aromatic rings. The van der Waals surface area contributed by atoms with E-state index < -0.39 is 0 Å². The highest BCUT2D eigenvalue weighted by molar-refractivity contribution is 5.73. The zero-order valence-corrected chi connectivity index (χ0v) is 23.0. The molecule has 0 saturated heterocycles. The normalized spacial score (nSPS) is 11.9. The summed E-state index contributed by atoms with van der Waals surface area (Å²) in [6, 6.07) is 16.2. The molecule has 198 valence electrons. The number of carbonyl (C=O) groups excluding carboxylic acids is 1. The van der Waals surface area contributed by atoms with Gasteiger partial charge in [-0.05, 0) is 48.4 Å². The molecule has 4 heteroatoms. The fourth-order valence-corrected chi connectivity index (χ4v) is 4.42. The fraction of sp³-hybridized carbons (Fsp3) is 0.485. The monoisotopic (exact) mass is 500 g/mol. The third-order valence-corrected chi connectivity index (χ3v) is 7.13. The zero-order valence-electron chi connectivity index (χ0n) is 23.0. The molecule has 1 aromatic heterocycles. The average Bonchev–Trinajstić information content (AvgIpc) is 2.94. The molecule has 37 heavy (non-hydrogen) atoms. The summed E-state index contributed by atoms with van der Waals surface area (Å²) in [5.41, 5.74) is 4.33. The Morgan fingerprint density at radius 2 is 1.41 bits per heavy atom. The molecule has 0 radical (unpaired) electrons. The number of hydrogen-bond donors (Lipinski definition) is 0. The van der Waals surface area contributed by atoms with Gasteiger partial charge >= 0.3 is 5.97 Å². The van der Waals surface area contributed by atoms with E-state index in [1.54, 1.807) is 0 Å². The van der Waals surface area contributed by atoms with E-state index in [4.69, 9.17) is 4.74 Å². The molecule has 0 N–H and O–H groups in total. The summed E-state index contributed by atoms with van der Waals surface area (Å²) in [6.45, 7) is 6.79. The molecule has 0 amide bonds. The lowest BCUT2D eigenvalue weighted by Crippen LogP contribution is -2.07. The average molecular weight is 501 g/mol. The quantitative estimate of drug-likeness (QED) is 0.112. The van der Waals surface area contributed by atoms with E-state index in [2.05, 4.69) is 55.0 Å². The first kappa shape index (κ1) is 28.6. The molecule has 1 atom stereocenters. The van der Waals surface area contributed by atoms with E-state index >= 15 is 0 Å². The van der Waals surface area contributed by atoms with Crippen LogP contribution in [-0.2, 0) is 11.2 Å². The SMILES string of the molecule is CCCCCCc1ccc(-c2ncc(-c3ccc(OC(=O)CCCCCCC(C)CC)cc3)cn2)cc1. The standard InChI is InChI=1S/C33H44N2O2/c1-4-6-7-11-14-27-16-18-29(19-17-27)33-34-24-30(25-35-33)28-20-22-31(23-21-28)37-32(36)15-12-9-8-10-13-26(3)5-2/h16-26H,4-15H2,1-3H3. The van der Waals surface area contributed by atoms with Crippen LogP contribution in [0.5, 0.6) is 5.75 Å². The van der Waals surface area contributed by atoms with Gasteiger partial charge in [0.15, 0.2) is 5.82 Å². The third-order valence-electron chi connectivity index (χ3n) is 7.13. The molecule has 4 nitrogen and oxygen atoms in total. The van der Waals surface area contributed by atoms with Gasteiger partial charge in [0.1, 0.15) is 5.75 Å². The first-order valence-electron chi connectivity index (χ1n) is 14.3. The van der Waals surface area contributed by atoms with Crippen molar-refractivity contribution in [2.45, 2.75) is 97.8 Å².